The SMILES string of the molecule is C[S+]([O-])c1ccc2c(c1)CCN(C(=O)CCCC(=O)O)C2C(=O)Nc1ccc(C(O)(C(F)(F)F)C(F)(F)F)cc1. The van der Waals surface area contributed by atoms with Gasteiger partial charge in [-0.2, -0.15) is 26.3 Å². The van der Waals surface area contributed by atoms with E-state index in [1.165, 1.54) is 23.3 Å². The van der Waals surface area contributed by atoms with E-state index in [1.54, 1.807) is 6.07 Å². The number of alkyl halides is 6. The quantitative estimate of drug-likeness (QED) is 0.312. The molecule has 0 bridgehead atoms. The lowest BCUT2D eigenvalue weighted by atomic mass is 9.91. The highest BCUT2D eigenvalue weighted by molar-refractivity contribution is 7.90. The summed E-state index contributed by atoms with van der Waals surface area (Å²) in [4.78, 5) is 38.8. The molecule has 0 aliphatic carbocycles. The topological polar surface area (TPSA) is 130 Å². The molecule has 218 valence electrons. The number of rotatable bonds is 8. The second kappa shape index (κ2) is 11.7. The average Bonchev–Trinajstić information content (AvgIpc) is 2.85. The average molecular weight is 595 g/mol. The Bertz CT molecular complexity index is 1250. The van der Waals surface area contributed by atoms with Crippen LogP contribution >= 0.6 is 0 Å². The highest BCUT2D eigenvalue weighted by Crippen LogP contribution is 2.50. The first-order chi connectivity index (χ1) is 18.5. The van der Waals surface area contributed by atoms with Crippen LogP contribution in [-0.4, -0.2) is 62.6 Å². The Morgan fingerprint density at radius 3 is 2.15 bits per heavy atom. The number of nitrogens with one attached hydrogen (secondary N) is 1. The van der Waals surface area contributed by atoms with E-state index in [0.717, 1.165) is 12.1 Å². The van der Waals surface area contributed by atoms with Crippen molar-refractivity contribution in [2.75, 3.05) is 18.1 Å². The predicted octanol–water partition coefficient (Wildman–Crippen LogP) is 4.06. The molecule has 0 radical (unpaired) electrons. The molecule has 0 fully saturated rings. The van der Waals surface area contributed by atoms with Crippen LogP contribution in [0.25, 0.3) is 0 Å². The lowest BCUT2D eigenvalue weighted by molar-refractivity contribution is -0.376. The number of carboxylic acid groups (broad SMARTS) is 1. The van der Waals surface area contributed by atoms with Gasteiger partial charge in [0.2, 0.25) is 5.91 Å². The van der Waals surface area contributed by atoms with Crippen molar-refractivity contribution in [3.63, 3.8) is 0 Å². The summed E-state index contributed by atoms with van der Waals surface area (Å²) < 4.78 is 91.0. The van der Waals surface area contributed by atoms with Crippen LogP contribution < -0.4 is 5.32 Å². The number of hydrogen-bond acceptors (Lipinski definition) is 5. The number of nitrogens with zero attached hydrogens (tertiary/aromatic N) is 1. The molecule has 3 N–H and O–H groups in total. The van der Waals surface area contributed by atoms with E-state index in [9.17, 15) is 50.4 Å². The van der Waals surface area contributed by atoms with Crippen LogP contribution in [0.1, 0.15) is 42.0 Å². The first-order valence-electron chi connectivity index (χ1n) is 11.7. The van der Waals surface area contributed by atoms with Crippen LogP contribution in [0.4, 0.5) is 32.0 Å². The van der Waals surface area contributed by atoms with Gasteiger partial charge in [-0.25, -0.2) is 0 Å². The van der Waals surface area contributed by atoms with Crippen molar-refractivity contribution in [2.45, 2.75) is 54.6 Å². The Kier molecular flexibility index (Phi) is 9.11. The van der Waals surface area contributed by atoms with Crippen molar-refractivity contribution in [3.05, 3.63) is 59.2 Å². The number of carbonyl (C=O) groups excluding carboxylic acids is 2. The van der Waals surface area contributed by atoms with Gasteiger partial charge in [0.1, 0.15) is 12.3 Å². The van der Waals surface area contributed by atoms with Gasteiger partial charge in [-0.15, -0.1) is 0 Å². The summed E-state index contributed by atoms with van der Waals surface area (Å²) in [5.74, 6) is -2.49. The van der Waals surface area contributed by atoms with Gasteiger partial charge in [0.05, 0.1) is 0 Å². The van der Waals surface area contributed by atoms with Crippen molar-refractivity contribution in [1.29, 1.82) is 0 Å². The number of carboxylic acids is 1. The number of aliphatic carboxylic acids is 1. The minimum atomic E-state index is -6.08. The van der Waals surface area contributed by atoms with Crippen LogP contribution in [0.2, 0.25) is 0 Å². The number of anilines is 1. The fourth-order valence-corrected chi connectivity index (χ4v) is 4.93. The van der Waals surface area contributed by atoms with Gasteiger partial charge in [0, 0.05) is 30.6 Å². The number of hydrogen-bond donors (Lipinski definition) is 3. The van der Waals surface area contributed by atoms with Gasteiger partial charge in [0.25, 0.3) is 11.5 Å². The molecule has 2 aromatic carbocycles. The molecule has 1 aliphatic rings. The van der Waals surface area contributed by atoms with E-state index in [-0.39, 0.29) is 37.9 Å². The van der Waals surface area contributed by atoms with Gasteiger partial charge in [-0.05, 0) is 59.4 Å². The molecule has 2 aromatic rings. The van der Waals surface area contributed by atoms with E-state index in [2.05, 4.69) is 5.32 Å². The molecule has 0 aromatic heterocycles. The normalized spacial score (nSPS) is 16.7. The first-order valence-corrected chi connectivity index (χ1v) is 13.3. The smallest absolute Gasteiger partial charge is 0.430 e. The zero-order chi connectivity index (χ0) is 30.0. The summed E-state index contributed by atoms with van der Waals surface area (Å²) in [5, 5.41) is 20.8. The first kappa shape index (κ1) is 31.2. The van der Waals surface area contributed by atoms with Gasteiger partial charge in [-0.1, -0.05) is 18.2 Å². The van der Waals surface area contributed by atoms with E-state index >= 15 is 0 Å². The summed E-state index contributed by atoms with van der Waals surface area (Å²) in [7, 11) is 0. The maximum atomic E-state index is 13.4. The molecule has 0 saturated carbocycles. The highest BCUT2D eigenvalue weighted by atomic mass is 32.2. The van der Waals surface area contributed by atoms with Gasteiger partial charge < -0.3 is 25.0 Å². The van der Waals surface area contributed by atoms with E-state index in [0.29, 0.717) is 28.2 Å². The molecule has 0 spiro atoms. The third-order valence-electron chi connectivity index (χ3n) is 6.42. The molecule has 15 heteroatoms. The summed E-state index contributed by atoms with van der Waals surface area (Å²) in [6.07, 6.45) is -10.9. The second-order valence-corrected chi connectivity index (χ2v) is 10.5. The number of aliphatic hydroxyl groups is 1. The minimum Gasteiger partial charge on any atom is -0.612 e. The lowest BCUT2D eigenvalue weighted by Crippen LogP contribution is -2.53. The van der Waals surface area contributed by atoms with Crippen LogP contribution in [0.15, 0.2) is 47.4 Å². The molecule has 2 amide bonds. The Morgan fingerprint density at radius 1 is 1.02 bits per heavy atom. The van der Waals surface area contributed by atoms with Crippen LogP contribution in [0, 0.1) is 0 Å². The summed E-state index contributed by atoms with van der Waals surface area (Å²) in [6, 6.07) is 5.60. The number of halogens is 6. The van der Waals surface area contributed by atoms with Crippen LogP contribution in [-0.2, 0) is 37.6 Å². The molecule has 1 heterocycles. The van der Waals surface area contributed by atoms with E-state index in [4.69, 9.17) is 5.11 Å². The van der Waals surface area contributed by atoms with Crippen LogP contribution in [0.3, 0.4) is 0 Å². The number of carbonyl (C=O) groups is 3. The van der Waals surface area contributed by atoms with Crippen molar-refractivity contribution < 1.29 is 55.5 Å². The maximum Gasteiger partial charge on any atom is 0.430 e. The standard InChI is InChI=1S/C25H24F6N2O6S/c1-40(39)17-9-10-18-14(13-17)11-12-33(19(34)3-2-4-20(35)36)21(18)22(37)32-16-7-5-15(6-8-16)23(38,24(26,27)28)25(29,30)31/h5-10,13,21,38H,2-4,11-12H2,1H3,(H,32,37)(H,35,36). The molecule has 40 heavy (non-hydrogen) atoms. The minimum absolute atomic E-state index is 0.00238. The van der Waals surface area contributed by atoms with Gasteiger partial charge in [-0.3, -0.25) is 14.4 Å². The molecule has 2 atom stereocenters. The third kappa shape index (κ3) is 6.36. The predicted molar refractivity (Wildman–Crippen MR) is 129 cm³/mol. The van der Waals surface area contributed by atoms with Gasteiger partial charge >= 0.3 is 18.3 Å². The summed E-state index contributed by atoms with van der Waals surface area (Å²) in [5.41, 5.74) is -5.88. The Balaban J connectivity index is 1.92. The van der Waals surface area contributed by atoms with Crippen molar-refractivity contribution >= 4 is 34.6 Å². The molecule has 1 aliphatic heterocycles. The molecule has 3 rings (SSSR count). The third-order valence-corrected chi connectivity index (χ3v) is 7.33. The molecular weight excluding hydrogens is 570 g/mol. The molecule has 0 saturated heterocycles. The zero-order valence-corrected chi connectivity index (χ0v) is 21.6. The van der Waals surface area contributed by atoms with Gasteiger partial charge in [0.15, 0.2) is 4.90 Å². The zero-order valence-electron chi connectivity index (χ0n) is 20.8. The fraction of sp³-hybridized carbons (Fsp3) is 0.400. The van der Waals surface area contributed by atoms with Crippen molar-refractivity contribution in [1.82, 2.24) is 4.90 Å². The van der Waals surface area contributed by atoms with E-state index < -0.39 is 58.5 Å². The Hall–Kier alpha value is -3.30. The number of benzene rings is 2. The Morgan fingerprint density at radius 2 is 1.62 bits per heavy atom. The Labute approximate surface area is 227 Å². The fourth-order valence-electron chi connectivity index (χ4n) is 4.36. The largest absolute Gasteiger partial charge is 0.612 e. The summed E-state index contributed by atoms with van der Waals surface area (Å²) in [6.45, 7) is 0.0416. The van der Waals surface area contributed by atoms with Crippen molar-refractivity contribution in [2.24, 2.45) is 0 Å². The molecule has 8 nitrogen and oxygen atoms in total. The number of fused-ring (bicyclic) bond motifs is 1. The molecular formula is C25H24F6N2O6S. The number of amides is 2. The molecule has 2 unspecified atom stereocenters. The second-order valence-electron chi connectivity index (χ2n) is 9.07. The highest BCUT2D eigenvalue weighted by Gasteiger charge is 2.71. The monoisotopic (exact) mass is 594 g/mol. The van der Waals surface area contributed by atoms with Crippen LogP contribution in [0.5, 0.6) is 0 Å². The summed E-state index contributed by atoms with van der Waals surface area (Å²) >= 11 is -1.35. The van der Waals surface area contributed by atoms with E-state index in [1.807, 2.05) is 0 Å². The lowest BCUT2D eigenvalue weighted by Gasteiger charge is -2.36. The maximum absolute atomic E-state index is 13.4. The van der Waals surface area contributed by atoms with Crippen molar-refractivity contribution in [3.8, 4) is 0 Å².